The fraction of sp³-hybridized carbons (Fsp3) is 0.222. The van der Waals surface area contributed by atoms with Crippen molar-refractivity contribution in [3.05, 3.63) is 63.8 Å². The van der Waals surface area contributed by atoms with Crippen LogP contribution in [0.4, 0.5) is 0 Å². The number of thiophene rings is 1. The van der Waals surface area contributed by atoms with E-state index in [-0.39, 0.29) is 5.91 Å². The molecule has 24 heavy (non-hydrogen) atoms. The van der Waals surface area contributed by atoms with Crippen LogP contribution in [0.5, 0.6) is 0 Å². The molecule has 0 unspecified atom stereocenters. The molecule has 1 amide bonds. The lowest BCUT2D eigenvalue weighted by Crippen LogP contribution is -2.27. The molecule has 0 aliphatic rings. The second kappa shape index (κ2) is 7.64. The van der Waals surface area contributed by atoms with Crippen LogP contribution in [0.15, 0.2) is 46.2 Å². The Morgan fingerprint density at radius 2 is 2.08 bits per heavy atom. The minimum atomic E-state index is -0.0167. The number of amides is 1. The van der Waals surface area contributed by atoms with Crippen molar-refractivity contribution in [1.29, 1.82) is 0 Å². The summed E-state index contributed by atoms with van der Waals surface area (Å²) in [4.78, 5) is 17.5. The van der Waals surface area contributed by atoms with Gasteiger partial charge < -0.3 is 9.73 Å². The number of hydrogen-bond donors (Lipinski definition) is 1. The van der Waals surface area contributed by atoms with Crippen molar-refractivity contribution < 1.29 is 9.21 Å². The number of carbonyl (C=O) groups excluding carboxylic acids is 1. The second-order valence-electron chi connectivity index (χ2n) is 5.40. The van der Waals surface area contributed by atoms with Crippen LogP contribution in [0, 0.1) is 6.92 Å². The van der Waals surface area contributed by atoms with Crippen LogP contribution in [0.3, 0.4) is 0 Å². The zero-order valence-corrected chi connectivity index (χ0v) is 14.8. The number of rotatable bonds is 6. The van der Waals surface area contributed by atoms with Gasteiger partial charge in [0, 0.05) is 18.0 Å². The molecule has 0 bridgehead atoms. The van der Waals surface area contributed by atoms with Crippen LogP contribution in [0.2, 0.25) is 5.02 Å². The lowest BCUT2D eigenvalue weighted by Gasteiger charge is -2.04. The molecule has 4 nitrogen and oxygen atoms in total. The van der Waals surface area contributed by atoms with Crippen molar-refractivity contribution in [2.75, 3.05) is 6.54 Å². The standard InChI is InChI=1S/C18H17ClN2O2S/c1-12-15(21-18(23-12)16-3-2-10-24-16)8-9-20-17(22)11-13-4-6-14(19)7-5-13/h2-7,10H,8-9,11H2,1H3,(H,20,22). The summed E-state index contributed by atoms with van der Waals surface area (Å²) >= 11 is 7.43. The molecule has 1 aromatic carbocycles. The molecule has 0 spiro atoms. The quantitative estimate of drug-likeness (QED) is 0.714. The van der Waals surface area contributed by atoms with E-state index in [1.807, 2.05) is 36.6 Å². The summed E-state index contributed by atoms with van der Waals surface area (Å²) in [6.45, 7) is 2.43. The zero-order chi connectivity index (χ0) is 16.9. The van der Waals surface area contributed by atoms with Gasteiger partial charge in [-0.15, -0.1) is 11.3 Å². The van der Waals surface area contributed by atoms with E-state index >= 15 is 0 Å². The fourth-order valence-corrected chi connectivity index (χ4v) is 3.11. The molecule has 0 aliphatic carbocycles. The van der Waals surface area contributed by atoms with Gasteiger partial charge in [-0.05, 0) is 36.1 Å². The third kappa shape index (κ3) is 4.24. The van der Waals surface area contributed by atoms with E-state index in [0.717, 1.165) is 21.9 Å². The van der Waals surface area contributed by atoms with E-state index in [0.29, 0.717) is 30.3 Å². The minimum absolute atomic E-state index is 0.0167. The number of oxazole rings is 1. The molecule has 0 aliphatic heterocycles. The number of aromatic nitrogens is 1. The normalized spacial score (nSPS) is 10.8. The molecular weight excluding hydrogens is 344 g/mol. The second-order valence-corrected chi connectivity index (χ2v) is 6.79. The monoisotopic (exact) mass is 360 g/mol. The third-order valence-electron chi connectivity index (χ3n) is 3.59. The van der Waals surface area contributed by atoms with Gasteiger partial charge in [-0.3, -0.25) is 4.79 Å². The molecule has 2 aromatic heterocycles. The van der Waals surface area contributed by atoms with Crippen LogP contribution in [0.25, 0.3) is 10.8 Å². The van der Waals surface area contributed by atoms with Gasteiger partial charge in [0.25, 0.3) is 0 Å². The predicted octanol–water partition coefficient (Wildman–Crippen LogP) is 4.27. The van der Waals surface area contributed by atoms with E-state index in [1.165, 1.54) is 0 Å². The minimum Gasteiger partial charge on any atom is -0.440 e. The molecule has 0 atom stereocenters. The first-order valence-electron chi connectivity index (χ1n) is 7.63. The molecule has 6 heteroatoms. The average molecular weight is 361 g/mol. The van der Waals surface area contributed by atoms with Crippen LogP contribution in [0.1, 0.15) is 17.0 Å². The van der Waals surface area contributed by atoms with Gasteiger partial charge in [0.15, 0.2) is 0 Å². The van der Waals surface area contributed by atoms with E-state index in [9.17, 15) is 4.79 Å². The number of hydrogen-bond acceptors (Lipinski definition) is 4. The van der Waals surface area contributed by atoms with E-state index in [1.54, 1.807) is 23.5 Å². The van der Waals surface area contributed by atoms with E-state index < -0.39 is 0 Å². The van der Waals surface area contributed by atoms with Crippen molar-refractivity contribution in [2.45, 2.75) is 19.8 Å². The largest absolute Gasteiger partial charge is 0.440 e. The number of halogens is 1. The van der Waals surface area contributed by atoms with Crippen molar-refractivity contribution in [1.82, 2.24) is 10.3 Å². The predicted molar refractivity (Wildman–Crippen MR) is 96.4 cm³/mol. The van der Waals surface area contributed by atoms with Crippen molar-refractivity contribution in [2.24, 2.45) is 0 Å². The van der Waals surface area contributed by atoms with E-state index in [4.69, 9.17) is 16.0 Å². The lowest BCUT2D eigenvalue weighted by atomic mass is 10.1. The summed E-state index contributed by atoms with van der Waals surface area (Å²) in [5.41, 5.74) is 1.82. The van der Waals surface area contributed by atoms with Crippen molar-refractivity contribution in [3.63, 3.8) is 0 Å². The van der Waals surface area contributed by atoms with Gasteiger partial charge in [0.1, 0.15) is 5.76 Å². The average Bonchev–Trinajstić information content (AvgIpc) is 3.20. The molecule has 0 saturated carbocycles. The Morgan fingerprint density at radius 3 is 2.79 bits per heavy atom. The van der Waals surface area contributed by atoms with E-state index in [2.05, 4.69) is 10.3 Å². The number of nitrogens with one attached hydrogen (secondary N) is 1. The Morgan fingerprint density at radius 1 is 1.29 bits per heavy atom. The topological polar surface area (TPSA) is 55.1 Å². The lowest BCUT2D eigenvalue weighted by molar-refractivity contribution is -0.120. The van der Waals surface area contributed by atoms with Gasteiger partial charge in [0.05, 0.1) is 17.0 Å². The van der Waals surface area contributed by atoms with Crippen LogP contribution < -0.4 is 5.32 Å². The zero-order valence-electron chi connectivity index (χ0n) is 13.2. The van der Waals surface area contributed by atoms with Gasteiger partial charge >= 0.3 is 0 Å². The Balaban J connectivity index is 1.51. The van der Waals surface area contributed by atoms with Gasteiger partial charge in [-0.25, -0.2) is 4.98 Å². The summed E-state index contributed by atoms with van der Waals surface area (Å²) in [5.74, 6) is 1.42. The van der Waals surface area contributed by atoms with Gasteiger partial charge in [-0.1, -0.05) is 29.8 Å². The number of nitrogens with zero attached hydrogens (tertiary/aromatic N) is 1. The molecule has 0 saturated heterocycles. The van der Waals surface area contributed by atoms with Crippen LogP contribution in [-0.2, 0) is 17.6 Å². The van der Waals surface area contributed by atoms with Crippen LogP contribution >= 0.6 is 22.9 Å². The van der Waals surface area contributed by atoms with Crippen molar-refractivity contribution in [3.8, 4) is 10.8 Å². The molecule has 1 N–H and O–H groups in total. The number of aryl methyl sites for hydroxylation is 1. The van der Waals surface area contributed by atoms with Gasteiger partial charge in [-0.2, -0.15) is 0 Å². The molecule has 0 fully saturated rings. The Kier molecular flexibility index (Phi) is 5.33. The molecular formula is C18H17ClN2O2S. The first-order chi connectivity index (χ1) is 11.6. The molecule has 3 aromatic rings. The Bertz CT molecular complexity index is 810. The van der Waals surface area contributed by atoms with Crippen LogP contribution in [-0.4, -0.2) is 17.4 Å². The molecule has 124 valence electrons. The maximum atomic E-state index is 12.0. The molecule has 3 rings (SSSR count). The summed E-state index contributed by atoms with van der Waals surface area (Å²) in [6.07, 6.45) is 0.989. The fourth-order valence-electron chi connectivity index (χ4n) is 2.34. The molecule has 0 radical (unpaired) electrons. The number of carbonyl (C=O) groups is 1. The summed E-state index contributed by atoms with van der Waals surface area (Å²) in [7, 11) is 0. The maximum absolute atomic E-state index is 12.0. The first-order valence-corrected chi connectivity index (χ1v) is 8.89. The number of benzene rings is 1. The highest BCUT2D eigenvalue weighted by molar-refractivity contribution is 7.13. The smallest absolute Gasteiger partial charge is 0.236 e. The highest BCUT2D eigenvalue weighted by Gasteiger charge is 2.12. The third-order valence-corrected chi connectivity index (χ3v) is 4.70. The highest BCUT2D eigenvalue weighted by Crippen LogP contribution is 2.25. The Labute approximate surface area is 149 Å². The summed E-state index contributed by atoms with van der Waals surface area (Å²) in [5, 5.41) is 5.57. The summed E-state index contributed by atoms with van der Waals surface area (Å²) < 4.78 is 5.70. The maximum Gasteiger partial charge on any atom is 0.236 e. The summed E-state index contributed by atoms with van der Waals surface area (Å²) in [6, 6.07) is 11.2. The van der Waals surface area contributed by atoms with Crippen molar-refractivity contribution >= 4 is 28.8 Å². The van der Waals surface area contributed by atoms with Gasteiger partial charge in [0.2, 0.25) is 11.8 Å². The molecule has 2 heterocycles. The highest BCUT2D eigenvalue weighted by atomic mass is 35.5. The SMILES string of the molecule is Cc1oc(-c2cccs2)nc1CCNC(=O)Cc1ccc(Cl)cc1. The first kappa shape index (κ1) is 16.7. The Hall–Kier alpha value is -2.11.